The molecule has 1 rings (SSSR count). The normalized spacial score (nSPS) is 11.3. The predicted molar refractivity (Wildman–Crippen MR) is 76.7 cm³/mol. The van der Waals surface area contributed by atoms with Crippen molar-refractivity contribution in [1.29, 1.82) is 0 Å². The van der Waals surface area contributed by atoms with E-state index in [4.69, 9.17) is 11.6 Å². The first-order valence-electron chi connectivity index (χ1n) is 6.30. The number of amides is 1. The van der Waals surface area contributed by atoms with E-state index in [2.05, 4.69) is 20.8 Å². The highest BCUT2D eigenvalue weighted by Gasteiger charge is 2.20. The molecule has 0 aliphatic carbocycles. The number of nitrogens with zero attached hydrogens (tertiary/aromatic N) is 1. The fraction of sp³-hybridized carbons (Fsp3) is 0.533. The van der Waals surface area contributed by atoms with E-state index in [1.165, 1.54) is 0 Å². The van der Waals surface area contributed by atoms with Crippen molar-refractivity contribution in [2.24, 2.45) is 5.41 Å². The van der Waals surface area contributed by atoms with Gasteiger partial charge >= 0.3 is 0 Å². The number of halogens is 1. The van der Waals surface area contributed by atoms with Gasteiger partial charge in [-0.25, -0.2) is 0 Å². The Morgan fingerprint density at radius 1 is 1.22 bits per heavy atom. The van der Waals surface area contributed by atoms with Gasteiger partial charge in [-0.15, -0.1) is 11.6 Å². The largest absolute Gasteiger partial charge is 0.337 e. The van der Waals surface area contributed by atoms with Gasteiger partial charge in [0.15, 0.2) is 0 Å². The molecule has 0 bridgehead atoms. The minimum atomic E-state index is 0.0122. The van der Waals surface area contributed by atoms with E-state index < -0.39 is 0 Å². The van der Waals surface area contributed by atoms with Gasteiger partial charge in [-0.1, -0.05) is 51.1 Å². The molecule has 0 saturated carbocycles. The lowest BCUT2D eigenvalue weighted by Gasteiger charge is -2.26. The van der Waals surface area contributed by atoms with Crippen molar-refractivity contribution in [1.82, 2.24) is 4.90 Å². The van der Waals surface area contributed by atoms with Crippen molar-refractivity contribution in [3.63, 3.8) is 0 Å². The van der Waals surface area contributed by atoms with Crippen LogP contribution in [0.15, 0.2) is 30.3 Å². The highest BCUT2D eigenvalue weighted by Crippen LogP contribution is 2.20. The van der Waals surface area contributed by atoms with Crippen LogP contribution in [-0.2, 0) is 11.3 Å². The highest BCUT2D eigenvalue weighted by molar-refractivity contribution is 6.18. The van der Waals surface area contributed by atoms with Gasteiger partial charge in [0.25, 0.3) is 0 Å². The van der Waals surface area contributed by atoms with E-state index in [1.807, 2.05) is 35.2 Å². The lowest BCUT2D eigenvalue weighted by atomic mass is 9.91. The molecule has 100 valence electrons. The molecule has 2 nitrogen and oxygen atoms in total. The maximum absolute atomic E-state index is 12.2. The van der Waals surface area contributed by atoms with E-state index in [0.717, 1.165) is 5.56 Å². The number of benzene rings is 1. The average molecular weight is 268 g/mol. The minimum absolute atomic E-state index is 0.0122. The third-order valence-corrected chi connectivity index (χ3v) is 2.77. The van der Waals surface area contributed by atoms with Crippen LogP contribution in [0.2, 0.25) is 0 Å². The van der Waals surface area contributed by atoms with E-state index in [-0.39, 0.29) is 11.3 Å². The number of carbonyl (C=O) groups excluding carboxylic acids is 1. The Morgan fingerprint density at radius 2 is 1.83 bits per heavy atom. The molecule has 1 amide bonds. The minimum Gasteiger partial charge on any atom is -0.337 e. The summed E-state index contributed by atoms with van der Waals surface area (Å²) in [7, 11) is 0. The molecule has 0 aliphatic heterocycles. The van der Waals surface area contributed by atoms with Gasteiger partial charge in [-0.05, 0) is 11.0 Å². The second kappa shape index (κ2) is 6.79. The average Bonchev–Trinajstić information content (AvgIpc) is 2.27. The molecule has 0 heterocycles. The molecule has 0 N–H and O–H groups in total. The molecular formula is C15H22ClNO. The van der Waals surface area contributed by atoms with Gasteiger partial charge < -0.3 is 4.90 Å². The Bertz CT molecular complexity index is 370. The van der Waals surface area contributed by atoms with Gasteiger partial charge in [0.05, 0.1) is 0 Å². The van der Waals surface area contributed by atoms with Crippen LogP contribution in [0.25, 0.3) is 0 Å². The molecule has 0 aromatic heterocycles. The summed E-state index contributed by atoms with van der Waals surface area (Å²) in [5.74, 6) is 0.648. The summed E-state index contributed by atoms with van der Waals surface area (Å²) in [5.41, 5.74) is 1.16. The molecule has 1 aromatic rings. The summed E-state index contributed by atoms with van der Waals surface area (Å²) in [6, 6.07) is 10.0. The van der Waals surface area contributed by atoms with Crippen LogP contribution in [0.3, 0.4) is 0 Å². The van der Waals surface area contributed by atoms with Gasteiger partial charge in [0.2, 0.25) is 5.91 Å². The summed E-state index contributed by atoms with van der Waals surface area (Å²) in [5, 5.41) is 0. The monoisotopic (exact) mass is 267 g/mol. The molecule has 18 heavy (non-hydrogen) atoms. The van der Waals surface area contributed by atoms with Crippen LogP contribution in [0, 0.1) is 5.41 Å². The molecular weight excluding hydrogens is 246 g/mol. The zero-order valence-electron chi connectivity index (χ0n) is 11.4. The quantitative estimate of drug-likeness (QED) is 0.745. The Kier molecular flexibility index (Phi) is 5.67. The van der Waals surface area contributed by atoms with Crippen molar-refractivity contribution in [2.75, 3.05) is 12.4 Å². The van der Waals surface area contributed by atoms with Crippen molar-refractivity contribution in [2.45, 2.75) is 33.7 Å². The van der Waals surface area contributed by atoms with Crippen LogP contribution in [0.4, 0.5) is 0 Å². The topological polar surface area (TPSA) is 20.3 Å². The van der Waals surface area contributed by atoms with Crippen molar-refractivity contribution in [3.05, 3.63) is 35.9 Å². The van der Waals surface area contributed by atoms with Crippen LogP contribution < -0.4 is 0 Å². The van der Waals surface area contributed by atoms with Crippen molar-refractivity contribution >= 4 is 17.5 Å². The fourth-order valence-corrected chi connectivity index (χ4v) is 1.97. The van der Waals surface area contributed by atoms with Crippen LogP contribution in [-0.4, -0.2) is 23.2 Å². The predicted octanol–water partition coefficient (Wildman–Crippen LogP) is 3.69. The number of carbonyl (C=O) groups is 1. The number of hydrogen-bond donors (Lipinski definition) is 0. The smallest absolute Gasteiger partial charge is 0.223 e. The molecule has 0 spiro atoms. The first-order chi connectivity index (χ1) is 8.42. The molecule has 1 aromatic carbocycles. The SMILES string of the molecule is CC(C)(C)CC(=O)N(CCCl)Cc1ccccc1. The van der Waals surface area contributed by atoms with Crippen LogP contribution >= 0.6 is 11.6 Å². The molecule has 0 fully saturated rings. The standard InChI is InChI=1S/C15H22ClNO/c1-15(2,3)11-14(18)17(10-9-16)12-13-7-5-4-6-8-13/h4-8H,9-12H2,1-3H3. The zero-order chi connectivity index (χ0) is 13.6. The Labute approximate surface area is 115 Å². The fourth-order valence-electron chi connectivity index (χ4n) is 1.76. The summed E-state index contributed by atoms with van der Waals surface area (Å²) in [6.45, 7) is 7.47. The maximum Gasteiger partial charge on any atom is 0.223 e. The lowest BCUT2D eigenvalue weighted by Crippen LogP contribution is -2.34. The summed E-state index contributed by atoms with van der Waals surface area (Å²) >= 11 is 5.78. The van der Waals surface area contributed by atoms with Gasteiger partial charge in [-0.3, -0.25) is 4.79 Å². The highest BCUT2D eigenvalue weighted by atomic mass is 35.5. The second-order valence-corrected chi connectivity index (χ2v) is 6.11. The first kappa shape index (κ1) is 15.0. The lowest BCUT2D eigenvalue weighted by molar-refractivity contribution is -0.133. The summed E-state index contributed by atoms with van der Waals surface area (Å²) in [6.07, 6.45) is 0.552. The van der Waals surface area contributed by atoms with E-state index in [1.54, 1.807) is 0 Å². The summed E-state index contributed by atoms with van der Waals surface area (Å²) in [4.78, 5) is 14.1. The van der Waals surface area contributed by atoms with E-state index in [9.17, 15) is 4.79 Å². The third-order valence-electron chi connectivity index (χ3n) is 2.60. The maximum atomic E-state index is 12.2. The van der Waals surface area contributed by atoms with Crippen molar-refractivity contribution < 1.29 is 4.79 Å². The van der Waals surface area contributed by atoms with Crippen LogP contribution in [0.1, 0.15) is 32.8 Å². The van der Waals surface area contributed by atoms with Crippen LogP contribution in [0.5, 0.6) is 0 Å². The second-order valence-electron chi connectivity index (χ2n) is 5.73. The first-order valence-corrected chi connectivity index (χ1v) is 6.83. The van der Waals surface area contributed by atoms with Gasteiger partial charge in [0.1, 0.15) is 0 Å². The van der Waals surface area contributed by atoms with E-state index in [0.29, 0.717) is 25.4 Å². The number of rotatable bonds is 5. The molecule has 0 saturated heterocycles. The zero-order valence-corrected chi connectivity index (χ0v) is 12.2. The molecule has 0 aliphatic rings. The third kappa shape index (κ3) is 5.54. The van der Waals surface area contributed by atoms with E-state index >= 15 is 0 Å². The Hall–Kier alpha value is -1.02. The van der Waals surface area contributed by atoms with Gasteiger partial charge in [0, 0.05) is 25.4 Å². The molecule has 0 radical (unpaired) electrons. The number of hydrogen-bond acceptors (Lipinski definition) is 1. The Morgan fingerprint density at radius 3 is 2.33 bits per heavy atom. The summed E-state index contributed by atoms with van der Waals surface area (Å²) < 4.78 is 0. The Balaban J connectivity index is 2.68. The molecule has 0 atom stereocenters. The molecule has 3 heteroatoms. The number of alkyl halides is 1. The molecule has 0 unspecified atom stereocenters. The van der Waals surface area contributed by atoms with Gasteiger partial charge in [-0.2, -0.15) is 0 Å². The van der Waals surface area contributed by atoms with Crippen molar-refractivity contribution in [3.8, 4) is 0 Å².